The van der Waals surface area contributed by atoms with Gasteiger partial charge in [-0.2, -0.15) is 0 Å². The van der Waals surface area contributed by atoms with Crippen LogP contribution in [-0.2, 0) is 0 Å². The van der Waals surface area contributed by atoms with E-state index in [1.165, 1.54) is 0 Å². The van der Waals surface area contributed by atoms with Gasteiger partial charge in [0, 0.05) is 0 Å². The molecule has 0 amide bonds. The van der Waals surface area contributed by atoms with Crippen molar-refractivity contribution in [3.63, 3.8) is 0 Å². The lowest BCUT2D eigenvalue weighted by atomic mass is 9.94. The second-order valence-electron chi connectivity index (χ2n) is 7.20. The first-order valence-corrected chi connectivity index (χ1v) is 10.1. The predicted octanol–water partition coefficient (Wildman–Crippen LogP) is 5.23. The van der Waals surface area contributed by atoms with Crippen LogP contribution in [0, 0.1) is 0 Å². The first kappa shape index (κ1) is 20.8. The molecular weight excluding hydrogens is 444 g/mol. The Labute approximate surface area is 193 Å². The van der Waals surface area contributed by atoms with E-state index in [4.69, 9.17) is 4.42 Å². The number of halogens is 1. The Morgan fingerprint density at radius 2 is 0.645 bits per heavy atom. The average Bonchev–Trinajstić information content (AvgIpc) is 2.85. The van der Waals surface area contributed by atoms with Gasteiger partial charge >= 0.3 is 11.5 Å². The van der Waals surface area contributed by atoms with Gasteiger partial charge in [0.05, 0.1) is 22.3 Å². The Hall–Kier alpha value is -3.49. The molecule has 0 aliphatic carbocycles. The molecule has 1 aromatic heterocycles. The maximum absolute atomic E-state index is 6.72. The summed E-state index contributed by atoms with van der Waals surface area (Å²) in [6.45, 7) is 0. The number of rotatable bonds is 4. The van der Waals surface area contributed by atoms with Crippen molar-refractivity contribution in [1.82, 2.24) is 0 Å². The molecule has 4 aromatic carbocycles. The average molecular weight is 465 g/mol. The molecule has 0 saturated carbocycles. The Bertz CT molecular complexity index is 1050. The van der Waals surface area contributed by atoms with Gasteiger partial charge in [0.25, 0.3) is 0 Å². The Morgan fingerprint density at radius 3 is 0.968 bits per heavy atom. The molecule has 5 rings (SSSR count). The molecule has 0 saturated heterocycles. The molecule has 0 N–H and O–H groups in total. The molecule has 0 atom stereocenters. The van der Waals surface area contributed by atoms with Crippen molar-refractivity contribution in [2.24, 2.45) is 0 Å². The minimum Gasteiger partial charge on any atom is -1.00 e. The van der Waals surface area contributed by atoms with Gasteiger partial charge in [-0.3, -0.25) is 0 Å². The summed E-state index contributed by atoms with van der Waals surface area (Å²) in [5.41, 5.74) is 6.57. The molecule has 5 aromatic rings. The normalized spacial score (nSPS) is 10.3. The van der Waals surface area contributed by atoms with Crippen molar-refractivity contribution in [3.8, 4) is 44.9 Å². The Morgan fingerprint density at radius 1 is 0.355 bits per heavy atom. The summed E-state index contributed by atoms with van der Waals surface area (Å²) < 4.78 is 6.72. The minimum atomic E-state index is 0. The van der Waals surface area contributed by atoms with E-state index in [1.807, 2.05) is 48.5 Å². The summed E-state index contributed by atoms with van der Waals surface area (Å²) >= 11 is 0. The summed E-state index contributed by atoms with van der Waals surface area (Å²) in [6.07, 6.45) is 0. The lowest BCUT2D eigenvalue weighted by Gasteiger charge is -2.08. The van der Waals surface area contributed by atoms with Crippen LogP contribution in [0.2, 0.25) is 0 Å². The van der Waals surface area contributed by atoms with Crippen LogP contribution < -0.4 is 17.0 Å². The van der Waals surface area contributed by atoms with E-state index in [9.17, 15) is 0 Å². The highest BCUT2D eigenvalue weighted by atomic mass is 79.9. The van der Waals surface area contributed by atoms with Crippen molar-refractivity contribution in [3.05, 3.63) is 127 Å². The molecule has 1 heterocycles. The molecule has 0 aliphatic heterocycles. The molecule has 0 spiro atoms. The summed E-state index contributed by atoms with van der Waals surface area (Å²) in [6, 6.07) is 43.8. The summed E-state index contributed by atoms with van der Waals surface area (Å²) in [7, 11) is 0. The molecule has 0 radical (unpaired) electrons. The first-order valence-electron chi connectivity index (χ1n) is 10.1. The maximum atomic E-state index is 6.72. The van der Waals surface area contributed by atoms with Crippen molar-refractivity contribution in [1.29, 1.82) is 0 Å². The summed E-state index contributed by atoms with van der Waals surface area (Å²) in [5, 5.41) is 0. The van der Waals surface area contributed by atoms with E-state index >= 15 is 0 Å². The Kier molecular flexibility index (Phi) is 6.40. The first-order chi connectivity index (χ1) is 14.9. The highest BCUT2D eigenvalue weighted by Crippen LogP contribution is 2.41. The maximum Gasteiger partial charge on any atom is 0.368 e. The zero-order chi connectivity index (χ0) is 20.2. The van der Waals surface area contributed by atoms with Crippen LogP contribution in [0.1, 0.15) is 0 Å². The fourth-order valence-electron chi connectivity index (χ4n) is 3.76. The quantitative estimate of drug-likeness (QED) is 0.331. The standard InChI is InChI=1S/C29H21O.BrH/c1-5-13-22(14-6-1)26-21-27(23-15-7-2-8-16-23)29(25-19-11-4-12-20-25)30-28(26)24-17-9-3-10-18-24;/h1-21H;1H/q+1;/p-1. The van der Waals surface area contributed by atoms with E-state index in [2.05, 4.69) is 78.9 Å². The van der Waals surface area contributed by atoms with Crippen molar-refractivity contribution in [2.75, 3.05) is 0 Å². The third kappa shape index (κ3) is 4.35. The SMILES string of the molecule is [Br-].c1ccc(-c2cc(-c3ccccc3)c(-c3ccccc3)[o+]c2-c2ccccc2)cc1. The number of hydrogen-bond acceptors (Lipinski definition) is 0. The fraction of sp³-hybridized carbons (Fsp3) is 0. The highest BCUT2D eigenvalue weighted by Gasteiger charge is 2.28. The van der Waals surface area contributed by atoms with Gasteiger partial charge in [0.15, 0.2) is 0 Å². The van der Waals surface area contributed by atoms with Crippen LogP contribution in [0.25, 0.3) is 44.9 Å². The van der Waals surface area contributed by atoms with E-state index in [0.717, 1.165) is 44.9 Å². The van der Waals surface area contributed by atoms with Gasteiger partial charge in [-0.1, -0.05) is 97.1 Å². The van der Waals surface area contributed by atoms with E-state index in [0.29, 0.717) is 0 Å². The lowest BCUT2D eigenvalue weighted by Crippen LogP contribution is -3.00. The largest absolute Gasteiger partial charge is 1.00 e. The molecule has 0 fully saturated rings. The Balaban J connectivity index is 0.00000231. The number of benzene rings is 4. The molecule has 0 unspecified atom stereocenters. The van der Waals surface area contributed by atoms with E-state index < -0.39 is 0 Å². The highest BCUT2D eigenvalue weighted by molar-refractivity contribution is 5.88. The molecule has 150 valence electrons. The van der Waals surface area contributed by atoms with Gasteiger partial charge < -0.3 is 17.0 Å². The lowest BCUT2D eigenvalue weighted by molar-refractivity contribution is -0.00000615. The minimum absolute atomic E-state index is 0. The molecule has 0 bridgehead atoms. The van der Waals surface area contributed by atoms with Crippen LogP contribution in [-0.4, -0.2) is 0 Å². The zero-order valence-corrected chi connectivity index (χ0v) is 18.5. The summed E-state index contributed by atoms with van der Waals surface area (Å²) in [4.78, 5) is 0. The molecular formula is C29H21BrO. The van der Waals surface area contributed by atoms with E-state index in [1.54, 1.807) is 0 Å². The van der Waals surface area contributed by atoms with Crippen LogP contribution in [0.4, 0.5) is 0 Å². The van der Waals surface area contributed by atoms with Gasteiger partial charge in [-0.25, -0.2) is 4.42 Å². The van der Waals surface area contributed by atoms with Gasteiger partial charge in [-0.05, 0) is 41.5 Å². The smallest absolute Gasteiger partial charge is 0.368 e. The molecule has 1 nitrogen and oxygen atoms in total. The summed E-state index contributed by atoms with van der Waals surface area (Å²) in [5.74, 6) is 1.75. The van der Waals surface area contributed by atoms with Crippen LogP contribution in [0.15, 0.2) is 132 Å². The molecule has 0 aliphatic rings. The van der Waals surface area contributed by atoms with Crippen LogP contribution in [0.3, 0.4) is 0 Å². The number of hydrogen-bond donors (Lipinski definition) is 0. The second-order valence-corrected chi connectivity index (χ2v) is 7.20. The third-order valence-electron chi connectivity index (χ3n) is 5.22. The van der Waals surface area contributed by atoms with Crippen LogP contribution >= 0.6 is 0 Å². The van der Waals surface area contributed by atoms with Crippen molar-refractivity contribution < 1.29 is 21.4 Å². The van der Waals surface area contributed by atoms with Crippen molar-refractivity contribution in [2.45, 2.75) is 0 Å². The second kappa shape index (κ2) is 9.55. The zero-order valence-electron chi connectivity index (χ0n) is 16.9. The van der Waals surface area contributed by atoms with Gasteiger partial charge in [0.1, 0.15) is 0 Å². The van der Waals surface area contributed by atoms with Gasteiger partial charge in [0.2, 0.25) is 0 Å². The van der Waals surface area contributed by atoms with E-state index in [-0.39, 0.29) is 17.0 Å². The van der Waals surface area contributed by atoms with Crippen molar-refractivity contribution >= 4 is 0 Å². The molecule has 2 heteroatoms. The predicted molar refractivity (Wildman–Crippen MR) is 125 cm³/mol. The molecule has 31 heavy (non-hydrogen) atoms. The monoisotopic (exact) mass is 464 g/mol. The topological polar surface area (TPSA) is 11.3 Å². The third-order valence-corrected chi connectivity index (χ3v) is 5.22. The van der Waals surface area contributed by atoms with Crippen LogP contribution in [0.5, 0.6) is 0 Å². The van der Waals surface area contributed by atoms with Gasteiger partial charge in [-0.15, -0.1) is 0 Å². The fourth-order valence-corrected chi connectivity index (χ4v) is 3.76.